The van der Waals surface area contributed by atoms with Crippen LogP contribution in [0, 0.1) is 0 Å². The predicted octanol–water partition coefficient (Wildman–Crippen LogP) is -1.10. The lowest BCUT2D eigenvalue weighted by atomic mass is 10.0. The second-order valence-corrected chi connectivity index (χ2v) is 9.53. The highest BCUT2D eigenvalue weighted by molar-refractivity contribution is 7.80. The maximum atomic E-state index is 13.4. The van der Waals surface area contributed by atoms with Crippen molar-refractivity contribution in [1.29, 1.82) is 0 Å². The number of aromatic amines is 1. The lowest BCUT2D eigenvalue weighted by Gasteiger charge is -2.25. The number of carbonyl (C=O) groups excluding carboxylic acids is 4. The summed E-state index contributed by atoms with van der Waals surface area (Å²) in [6, 6.07) is 2.83. The van der Waals surface area contributed by atoms with Gasteiger partial charge in [-0.15, -0.1) is 0 Å². The van der Waals surface area contributed by atoms with Gasteiger partial charge in [-0.25, -0.2) is 4.79 Å². The summed E-state index contributed by atoms with van der Waals surface area (Å²) in [5.41, 5.74) is 18.1. The number of hydrogen-bond donors (Lipinski definition) is 9. The first-order valence-corrected chi connectivity index (χ1v) is 13.2. The number of thiol groups is 1. The Hall–Kier alpha value is -3.62. The number of rotatable bonds is 17. The smallest absolute Gasteiger partial charge is 0.327 e. The van der Waals surface area contributed by atoms with Gasteiger partial charge in [-0.3, -0.25) is 19.2 Å². The zero-order valence-electron chi connectivity index (χ0n) is 21.5. The first-order valence-electron chi connectivity index (χ1n) is 12.6. The number of carbonyl (C=O) groups is 5. The number of nitrogens with two attached hydrogens (primary N) is 3. The molecule has 0 fully saturated rings. The van der Waals surface area contributed by atoms with E-state index >= 15 is 0 Å². The molecule has 2 aromatic rings. The number of carboxylic acid groups (broad SMARTS) is 1. The summed E-state index contributed by atoms with van der Waals surface area (Å²) >= 11 is 3.99. The van der Waals surface area contributed by atoms with Crippen LogP contribution in [0.2, 0.25) is 0 Å². The first kappa shape index (κ1) is 31.6. The van der Waals surface area contributed by atoms with Crippen LogP contribution in [0.1, 0.15) is 37.7 Å². The van der Waals surface area contributed by atoms with E-state index in [1.807, 2.05) is 24.3 Å². The summed E-state index contributed by atoms with van der Waals surface area (Å²) in [6.45, 7) is 0.381. The van der Waals surface area contributed by atoms with Crippen LogP contribution in [0.5, 0.6) is 0 Å². The molecule has 0 aliphatic heterocycles. The first-order chi connectivity index (χ1) is 18.6. The number of benzene rings is 1. The van der Waals surface area contributed by atoms with E-state index in [0.717, 1.165) is 16.5 Å². The van der Waals surface area contributed by atoms with Crippen LogP contribution in [0.4, 0.5) is 0 Å². The van der Waals surface area contributed by atoms with Crippen molar-refractivity contribution in [2.45, 2.75) is 62.7 Å². The summed E-state index contributed by atoms with van der Waals surface area (Å²) in [4.78, 5) is 64.8. The van der Waals surface area contributed by atoms with Crippen LogP contribution >= 0.6 is 12.6 Å². The van der Waals surface area contributed by atoms with Crippen LogP contribution in [0.3, 0.4) is 0 Å². The molecule has 0 aliphatic rings. The summed E-state index contributed by atoms with van der Waals surface area (Å²) < 4.78 is 0. The van der Waals surface area contributed by atoms with Gasteiger partial charge in [0.05, 0.1) is 6.04 Å². The molecule has 39 heavy (non-hydrogen) atoms. The van der Waals surface area contributed by atoms with Gasteiger partial charge in [0.15, 0.2) is 0 Å². The lowest BCUT2D eigenvalue weighted by Crippen LogP contribution is -2.57. The SMILES string of the molecule is NCCCCC(NC(=O)C(N)CCC(N)=O)C(=O)NC(Cc1c[nH]c2ccccc12)C(=O)NC(CS)C(=O)O. The number of aromatic nitrogens is 1. The Morgan fingerprint density at radius 3 is 2.21 bits per heavy atom. The van der Waals surface area contributed by atoms with Crippen molar-refractivity contribution in [3.8, 4) is 0 Å². The molecule has 0 spiro atoms. The number of aliphatic carboxylic acids is 1. The number of H-pyrrole nitrogens is 1. The molecule has 0 saturated carbocycles. The number of amides is 4. The fourth-order valence-corrected chi connectivity index (χ4v) is 4.18. The molecular formula is C25H37N7O6S. The highest BCUT2D eigenvalue weighted by Crippen LogP contribution is 2.19. The van der Waals surface area contributed by atoms with Crippen molar-refractivity contribution in [2.75, 3.05) is 12.3 Å². The zero-order valence-corrected chi connectivity index (χ0v) is 22.4. The molecule has 214 valence electrons. The maximum Gasteiger partial charge on any atom is 0.327 e. The largest absolute Gasteiger partial charge is 0.480 e. The van der Waals surface area contributed by atoms with E-state index < -0.39 is 53.8 Å². The molecule has 4 atom stereocenters. The van der Waals surface area contributed by atoms with Crippen molar-refractivity contribution < 1.29 is 29.1 Å². The predicted molar refractivity (Wildman–Crippen MR) is 149 cm³/mol. The highest BCUT2D eigenvalue weighted by Gasteiger charge is 2.30. The molecule has 1 heterocycles. The van der Waals surface area contributed by atoms with Gasteiger partial charge in [0, 0.05) is 35.7 Å². The Morgan fingerprint density at radius 2 is 1.56 bits per heavy atom. The number of unbranched alkanes of at least 4 members (excludes halogenated alkanes) is 1. The Labute approximate surface area is 231 Å². The average molecular weight is 564 g/mol. The molecule has 14 heteroatoms. The second-order valence-electron chi connectivity index (χ2n) is 9.16. The Balaban J connectivity index is 2.26. The molecule has 11 N–H and O–H groups in total. The van der Waals surface area contributed by atoms with Crippen molar-refractivity contribution in [3.63, 3.8) is 0 Å². The van der Waals surface area contributed by atoms with Crippen molar-refractivity contribution in [3.05, 3.63) is 36.0 Å². The van der Waals surface area contributed by atoms with Gasteiger partial charge < -0.3 is 43.2 Å². The van der Waals surface area contributed by atoms with Crippen LogP contribution in [0.15, 0.2) is 30.5 Å². The number of carboxylic acids is 1. The van der Waals surface area contributed by atoms with Gasteiger partial charge in [-0.1, -0.05) is 18.2 Å². The topological polar surface area (TPSA) is 236 Å². The summed E-state index contributed by atoms with van der Waals surface area (Å²) in [6.07, 6.45) is 2.98. The van der Waals surface area contributed by atoms with Gasteiger partial charge in [0.1, 0.15) is 18.1 Å². The van der Waals surface area contributed by atoms with E-state index in [9.17, 15) is 29.1 Å². The molecule has 4 unspecified atom stereocenters. The molecule has 0 bridgehead atoms. The van der Waals surface area contributed by atoms with Gasteiger partial charge in [-0.05, 0) is 43.9 Å². The number of hydrogen-bond acceptors (Lipinski definition) is 8. The monoisotopic (exact) mass is 563 g/mol. The molecular weight excluding hydrogens is 526 g/mol. The van der Waals surface area contributed by atoms with Gasteiger partial charge in [0.2, 0.25) is 23.6 Å². The van der Waals surface area contributed by atoms with Crippen LogP contribution in [-0.4, -0.2) is 76.2 Å². The van der Waals surface area contributed by atoms with Crippen LogP contribution < -0.4 is 33.2 Å². The lowest BCUT2D eigenvalue weighted by molar-refractivity contribution is -0.141. The second kappa shape index (κ2) is 15.7. The third kappa shape index (κ3) is 9.89. The fraction of sp³-hybridized carbons (Fsp3) is 0.480. The number of para-hydroxylation sites is 1. The molecule has 0 saturated heterocycles. The van der Waals surface area contributed by atoms with E-state index in [4.69, 9.17) is 17.2 Å². The molecule has 13 nitrogen and oxygen atoms in total. The fourth-order valence-electron chi connectivity index (χ4n) is 3.93. The highest BCUT2D eigenvalue weighted by atomic mass is 32.1. The Bertz CT molecular complexity index is 1160. The zero-order chi connectivity index (χ0) is 28.9. The third-order valence-electron chi connectivity index (χ3n) is 6.15. The van der Waals surface area contributed by atoms with Gasteiger partial charge in [0.25, 0.3) is 0 Å². The summed E-state index contributed by atoms with van der Waals surface area (Å²) in [5, 5.41) is 17.9. The normalized spacial score (nSPS) is 14.1. The molecule has 0 radical (unpaired) electrons. The molecule has 1 aromatic heterocycles. The molecule has 2 rings (SSSR count). The minimum atomic E-state index is -1.27. The summed E-state index contributed by atoms with van der Waals surface area (Å²) in [7, 11) is 0. The Kier molecular flexibility index (Phi) is 12.7. The number of primary amides is 1. The third-order valence-corrected chi connectivity index (χ3v) is 6.51. The van der Waals surface area contributed by atoms with E-state index in [1.165, 1.54) is 0 Å². The molecule has 0 aliphatic carbocycles. The van der Waals surface area contributed by atoms with E-state index in [-0.39, 0.29) is 31.4 Å². The van der Waals surface area contributed by atoms with Gasteiger partial charge >= 0.3 is 5.97 Å². The van der Waals surface area contributed by atoms with E-state index in [2.05, 4.69) is 33.6 Å². The summed E-state index contributed by atoms with van der Waals surface area (Å²) in [5.74, 6) is -4.06. The van der Waals surface area contributed by atoms with Crippen LogP contribution in [0.25, 0.3) is 10.9 Å². The average Bonchev–Trinajstić information content (AvgIpc) is 3.31. The minimum Gasteiger partial charge on any atom is -0.480 e. The number of fused-ring (bicyclic) bond motifs is 1. The van der Waals surface area contributed by atoms with E-state index in [0.29, 0.717) is 19.4 Å². The maximum absolute atomic E-state index is 13.4. The molecule has 4 amide bonds. The van der Waals surface area contributed by atoms with Crippen molar-refractivity contribution >= 4 is 53.1 Å². The standard InChI is InChI=1S/C25H37N7O6S/c26-10-4-3-7-18(30-22(34)16(27)8-9-21(28)33)23(35)31-19(24(36)32-20(13-39)25(37)38)11-14-12-29-17-6-2-1-5-15(14)17/h1-2,5-6,12,16,18-20,29,39H,3-4,7-11,13,26-27H2,(H2,28,33)(H,30,34)(H,31,35)(H,32,36)(H,37,38). The van der Waals surface area contributed by atoms with Gasteiger partial charge in [-0.2, -0.15) is 12.6 Å². The quantitative estimate of drug-likeness (QED) is 0.0844. The Morgan fingerprint density at radius 1 is 0.923 bits per heavy atom. The van der Waals surface area contributed by atoms with Crippen molar-refractivity contribution in [2.24, 2.45) is 17.2 Å². The van der Waals surface area contributed by atoms with Crippen molar-refractivity contribution in [1.82, 2.24) is 20.9 Å². The van der Waals surface area contributed by atoms with Crippen LogP contribution in [-0.2, 0) is 30.4 Å². The number of nitrogens with one attached hydrogen (secondary N) is 4. The minimum absolute atomic E-state index is 0.00417. The van der Waals surface area contributed by atoms with E-state index in [1.54, 1.807) is 6.20 Å². The molecule has 1 aromatic carbocycles.